The van der Waals surface area contributed by atoms with Crippen molar-refractivity contribution in [3.8, 4) is 0 Å². The van der Waals surface area contributed by atoms with E-state index in [9.17, 15) is 9.59 Å². The third-order valence-electron chi connectivity index (χ3n) is 3.43. The first kappa shape index (κ1) is 15.8. The second kappa shape index (κ2) is 8.74. The van der Waals surface area contributed by atoms with E-state index in [-0.39, 0.29) is 12.5 Å². The van der Waals surface area contributed by atoms with Crippen LogP contribution in [0.5, 0.6) is 0 Å². The topological polar surface area (TPSA) is 81.7 Å². The fourth-order valence-corrected chi connectivity index (χ4v) is 2.23. The molecule has 6 heteroatoms. The number of likely N-dealkylation sites (tertiary alicyclic amines) is 1. The molecule has 0 bridgehead atoms. The first-order valence-corrected chi connectivity index (χ1v) is 7.07. The lowest BCUT2D eigenvalue weighted by Gasteiger charge is -2.32. The molecular weight excluding hydrogens is 246 g/mol. The zero-order valence-corrected chi connectivity index (χ0v) is 11.7. The molecule has 110 valence electrons. The van der Waals surface area contributed by atoms with Gasteiger partial charge in [-0.15, -0.1) is 0 Å². The van der Waals surface area contributed by atoms with E-state index in [4.69, 9.17) is 5.11 Å². The number of piperidine rings is 1. The van der Waals surface area contributed by atoms with Crippen molar-refractivity contribution in [3.05, 3.63) is 0 Å². The largest absolute Gasteiger partial charge is 0.481 e. The van der Waals surface area contributed by atoms with Crippen LogP contribution < -0.4 is 10.6 Å². The van der Waals surface area contributed by atoms with Gasteiger partial charge in [0.2, 0.25) is 0 Å². The molecule has 1 aliphatic heterocycles. The highest BCUT2D eigenvalue weighted by atomic mass is 16.4. The zero-order chi connectivity index (χ0) is 14.1. The number of nitrogens with one attached hydrogen (secondary N) is 2. The molecule has 19 heavy (non-hydrogen) atoms. The van der Waals surface area contributed by atoms with Gasteiger partial charge in [-0.1, -0.05) is 6.42 Å². The molecule has 3 N–H and O–H groups in total. The summed E-state index contributed by atoms with van der Waals surface area (Å²) < 4.78 is 0. The van der Waals surface area contributed by atoms with Crippen LogP contribution in [0.2, 0.25) is 0 Å². The van der Waals surface area contributed by atoms with Gasteiger partial charge in [-0.05, 0) is 39.3 Å². The van der Waals surface area contributed by atoms with Gasteiger partial charge in [0.1, 0.15) is 0 Å². The molecule has 6 nitrogen and oxygen atoms in total. The van der Waals surface area contributed by atoms with Gasteiger partial charge in [-0.25, -0.2) is 4.79 Å². The molecule has 1 fully saturated rings. The van der Waals surface area contributed by atoms with Crippen molar-refractivity contribution in [2.45, 2.75) is 45.1 Å². The Morgan fingerprint density at radius 1 is 1.21 bits per heavy atom. The van der Waals surface area contributed by atoms with Crippen LogP contribution in [-0.2, 0) is 4.79 Å². The van der Waals surface area contributed by atoms with E-state index in [0.29, 0.717) is 25.6 Å². The molecule has 1 atom stereocenters. The van der Waals surface area contributed by atoms with Crippen molar-refractivity contribution in [2.75, 3.05) is 26.2 Å². The maximum absolute atomic E-state index is 11.5. The summed E-state index contributed by atoms with van der Waals surface area (Å²) in [4.78, 5) is 24.2. The number of amides is 2. The number of hydrogen-bond donors (Lipinski definition) is 3. The maximum atomic E-state index is 11.5. The normalized spacial score (nSPS) is 17.7. The number of hydrogen-bond acceptors (Lipinski definition) is 3. The molecule has 0 aromatic heterocycles. The van der Waals surface area contributed by atoms with Crippen molar-refractivity contribution < 1.29 is 14.7 Å². The van der Waals surface area contributed by atoms with Gasteiger partial charge < -0.3 is 15.7 Å². The molecule has 0 aliphatic carbocycles. The summed E-state index contributed by atoms with van der Waals surface area (Å²) in [5.74, 6) is -0.832. The van der Waals surface area contributed by atoms with E-state index in [1.54, 1.807) is 0 Å². The molecule has 0 radical (unpaired) electrons. The molecule has 1 rings (SSSR count). The Hall–Kier alpha value is -1.30. The Labute approximate surface area is 114 Å². The first-order chi connectivity index (χ1) is 9.09. The lowest BCUT2D eigenvalue weighted by atomic mass is 10.1. The lowest BCUT2D eigenvalue weighted by molar-refractivity contribution is -0.137. The smallest absolute Gasteiger partial charge is 0.314 e. The average Bonchev–Trinajstić information content (AvgIpc) is 2.41. The highest BCUT2D eigenvalue weighted by molar-refractivity contribution is 5.73. The van der Waals surface area contributed by atoms with E-state index < -0.39 is 5.97 Å². The maximum Gasteiger partial charge on any atom is 0.314 e. The number of nitrogens with zero attached hydrogens (tertiary/aromatic N) is 1. The second-order valence-corrected chi connectivity index (χ2v) is 5.08. The lowest BCUT2D eigenvalue weighted by Crippen LogP contribution is -2.46. The summed E-state index contributed by atoms with van der Waals surface area (Å²) in [6.45, 7) is 5.38. The van der Waals surface area contributed by atoms with Gasteiger partial charge in [-0.3, -0.25) is 9.69 Å². The summed E-state index contributed by atoms with van der Waals surface area (Å²) in [6, 6.07) is 0.138. The van der Waals surface area contributed by atoms with Crippen LogP contribution in [-0.4, -0.2) is 54.2 Å². The average molecular weight is 271 g/mol. The number of rotatable bonds is 7. The van der Waals surface area contributed by atoms with E-state index in [1.807, 2.05) is 0 Å². The van der Waals surface area contributed by atoms with E-state index in [2.05, 4.69) is 22.5 Å². The molecule has 1 unspecified atom stereocenters. The minimum atomic E-state index is -0.832. The van der Waals surface area contributed by atoms with Gasteiger partial charge in [0, 0.05) is 25.6 Å². The van der Waals surface area contributed by atoms with Crippen LogP contribution in [0.3, 0.4) is 0 Å². The van der Waals surface area contributed by atoms with Crippen LogP contribution in [0.25, 0.3) is 0 Å². The summed E-state index contributed by atoms with van der Waals surface area (Å²) in [5, 5.41) is 14.0. The standard InChI is InChI=1S/C13H25N3O3/c1-11(16-8-3-2-4-9-16)10-15-13(19)14-7-5-6-12(17)18/h11H,2-10H2,1H3,(H,17,18)(H2,14,15,19). The molecular formula is C13H25N3O3. The molecule has 1 saturated heterocycles. The highest BCUT2D eigenvalue weighted by Crippen LogP contribution is 2.11. The third-order valence-corrected chi connectivity index (χ3v) is 3.43. The summed E-state index contributed by atoms with van der Waals surface area (Å²) in [7, 11) is 0. The van der Waals surface area contributed by atoms with E-state index >= 15 is 0 Å². The number of carbonyl (C=O) groups is 2. The van der Waals surface area contributed by atoms with Gasteiger partial charge in [0.25, 0.3) is 0 Å². The Balaban J connectivity index is 2.06. The predicted molar refractivity (Wildman–Crippen MR) is 73.2 cm³/mol. The van der Waals surface area contributed by atoms with Crippen LogP contribution in [0.4, 0.5) is 4.79 Å². The van der Waals surface area contributed by atoms with Crippen LogP contribution in [0, 0.1) is 0 Å². The van der Waals surface area contributed by atoms with Crippen molar-refractivity contribution in [2.24, 2.45) is 0 Å². The van der Waals surface area contributed by atoms with Crippen molar-refractivity contribution >= 4 is 12.0 Å². The van der Waals surface area contributed by atoms with Gasteiger partial charge >= 0.3 is 12.0 Å². The Morgan fingerprint density at radius 2 is 1.89 bits per heavy atom. The van der Waals surface area contributed by atoms with Crippen LogP contribution >= 0.6 is 0 Å². The van der Waals surface area contributed by atoms with Crippen molar-refractivity contribution in [1.29, 1.82) is 0 Å². The molecule has 1 aliphatic rings. The number of urea groups is 1. The summed E-state index contributed by atoms with van der Waals surface area (Å²) in [5.41, 5.74) is 0. The molecule has 0 aromatic carbocycles. The van der Waals surface area contributed by atoms with Crippen molar-refractivity contribution in [3.63, 3.8) is 0 Å². The minimum Gasteiger partial charge on any atom is -0.481 e. The highest BCUT2D eigenvalue weighted by Gasteiger charge is 2.16. The number of aliphatic carboxylic acids is 1. The molecule has 0 saturated carbocycles. The molecule has 0 spiro atoms. The monoisotopic (exact) mass is 271 g/mol. The Kier molecular flexibility index (Phi) is 7.25. The fraction of sp³-hybridized carbons (Fsp3) is 0.846. The van der Waals surface area contributed by atoms with Crippen molar-refractivity contribution in [1.82, 2.24) is 15.5 Å². The Morgan fingerprint density at radius 3 is 2.53 bits per heavy atom. The van der Waals surface area contributed by atoms with E-state index in [0.717, 1.165) is 13.1 Å². The molecule has 2 amide bonds. The minimum absolute atomic E-state index is 0.0878. The zero-order valence-electron chi connectivity index (χ0n) is 11.7. The molecule has 1 heterocycles. The Bertz CT molecular complexity index is 291. The second-order valence-electron chi connectivity index (χ2n) is 5.08. The summed E-state index contributed by atoms with van der Waals surface area (Å²) in [6.07, 6.45) is 4.34. The van der Waals surface area contributed by atoms with Crippen LogP contribution in [0.15, 0.2) is 0 Å². The summed E-state index contributed by atoms with van der Waals surface area (Å²) >= 11 is 0. The SMILES string of the molecule is CC(CNC(=O)NCCCC(=O)O)N1CCCCC1. The number of carboxylic acid groups (broad SMARTS) is 1. The number of carbonyl (C=O) groups excluding carboxylic acids is 1. The first-order valence-electron chi connectivity index (χ1n) is 7.07. The quantitative estimate of drug-likeness (QED) is 0.604. The van der Waals surface area contributed by atoms with Gasteiger partial charge in [0.05, 0.1) is 0 Å². The third kappa shape index (κ3) is 7.00. The van der Waals surface area contributed by atoms with Crippen LogP contribution in [0.1, 0.15) is 39.0 Å². The fourth-order valence-electron chi connectivity index (χ4n) is 2.23. The van der Waals surface area contributed by atoms with Gasteiger partial charge in [0.15, 0.2) is 0 Å². The predicted octanol–water partition coefficient (Wildman–Crippen LogP) is 1.02. The number of carboxylic acids is 1. The molecule has 0 aromatic rings. The van der Waals surface area contributed by atoms with Gasteiger partial charge in [-0.2, -0.15) is 0 Å². The van der Waals surface area contributed by atoms with E-state index in [1.165, 1.54) is 19.3 Å².